The fourth-order valence-corrected chi connectivity index (χ4v) is 1.32. The SMILES string of the molecule is COc1ccccc1CNC(=O)COCC(=O)O. The van der Waals surface area contributed by atoms with Crippen molar-refractivity contribution in [2.24, 2.45) is 0 Å². The molecule has 0 aliphatic rings. The average Bonchev–Trinajstić information content (AvgIpc) is 2.36. The van der Waals surface area contributed by atoms with Gasteiger partial charge >= 0.3 is 5.97 Å². The Labute approximate surface area is 105 Å². The van der Waals surface area contributed by atoms with Crippen molar-refractivity contribution in [1.82, 2.24) is 5.32 Å². The molecule has 0 bridgehead atoms. The molecule has 0 unspecified atom stereocenters. The maximum absolute atomic E-state index is 11.3. The van der Waals surface area contributed by atoms with E-state index in [0.29, 0.717) is 12.3 Å². The molecule has 0 fully saturated rings. The van der Waals surface area contributed by atoms with E-state index in [1.807, 2.05) is 18.2 Å². The molecular weight excluding hydrogens is 238 g/mol. The minimum Gasteiger partial charge on any atom is -0.496 e. The Bertz CT molecular complexity index is 419. The van der Waals surface area contributed by atoms with Crippen LogP contribution in [0.5, 0.6) is 5.75 Å². The third-order valence-corrected chi connectivity index (χ3v) is 2.13. The molecule has 1 aromatic carbocycles. The third-order valence-electron chi connectivity index (χ3n) is 2.13. The quantitative estimate of drug-likeness (QED) is 0.735. The lowest BCUT2D eigenvalue weighted by Crippen LogP contribution is -2.28. The van der Waals surface area contributed by atoms with Crippen LogP contribution < -0.4 is 10.1 Å². The highest BCUT2D eigenvalue weighted by Gasteiger charge is 2.06. The third kappa shape index (κ3) is 4.84. The van der Waals surface area contributed by atoms with Crippen LogP contribution in [0.3, 0.4) is 0 Å². The van der Waals surface area contributed by atoms with Gasteiger partial charge in [0.15, 0.2) is 0 Å². The molecule has 0 aliphatic heterocycles. The molecule has 0 radical (unpaired) electrons. The first-order valence-electron chi connectivity index (χ1n) is 5.31. The summed E-state index contributed by atoms with van der Waals surface area (Å²) in [5, 5.41) is 10.9. The Morgan fingerprint density at radius 2 is 2.00 bits per heavy atom. The number of hydrogen-bond donors (Lipinski definition) is 2. The molecule has 98 valence electrons. The van der Waals surface area contributed by atoms with Gasteiger partial charge in [-0.3, -0.25) is 4.79 Å². The van der Waals surface area contributed by atoms with Crippen molar-refractivity contribution in [2.45, 2.75) is 6.54 Å². The first kappa shape index (κ1) is 14.0. The summed E-state index contributed by atoms with van der Waals surface area (Å²) in [4.78, 5) is 21.5. The Morgan fingerprint density at radius 1 is 1.28 bits per heavy atom. The van der Waals surface area contributed by atoms with E-state index in [2.05, 4.69) is 10.1 Å². The van der Waals surface area contributed by atoms with Gasteiger partial charge in [0.05, 0.1) is 7.11 Å². The highest BCUT2D eigenvalue weighted by atomic mass is 16.5. The molecule has 0 aromatic heterocycles. The van der Waals surface area contributed by atoms with Gasteiger partial charge in [-0.1, -0.05) is 18.2 Å². The summed E-state index contributed by atoms with van der Waals surface area (Å²) in [7, 11) is 1.55. The number of hydrogen-bond acceptors (Lipinski definition) is 4. The van der Waals surface area contributed by atoms with Crippen LogP contribution in [-0.4, -0.2) is 37.3 Å². The van der Waals surface area contributed by atoms with E-state index in [1.54, 1.807) is 13.2 Å². The normalized spacial score (nSPS) is 9.83. The average molecular weight is 253 g/mol. The van der Waals surface area contributed by atoms with Crippen molar-refractivity contribution in [3.63, 3.8) is 0 Å². The van der Waals surface area contributed by atoms with Crippen molar-refractivity contribution in [3.05, 3.63) is 29.8 Å². The minimum atomic E-state index is -1.10. The lowest BCUT2D eigenvalue weighted by Gasteiger charge is -2.09. The number of rotatable bonds is 7. The second-order valence-electron chi connectivity index (χ2n) is 3.48. The van der Waals surface area contributed by atoms with Crippen molar-refractivity contribution in [3.8, 4) is 5.75 Å². The van der Waals surface area contributed by atoms with E-state index in [-0.39, 0.29) is 12.5 Å². The molecule has 0 aliphatic carbocycles. The summed E-state index contributed by atoms with van der Waals surface area (Å²) in [6.07, 6.45) is 0. The number of nitrogens with one attached hydrogen (secondary N) is 1. The first-order valence-corrected chi connectivity index (χ1v) is 5.31. The van der Waals surface area contributed by atoms with Gasteiger partial charge in [0.1, 0.15) is 19.0 Å². The fraction of sp³-hybridized carbons (Fsp3) is 0.333. The van der Waals surface area contributed by atoms with Gasteiger partial charge in [0, 0.05) is 12.1 Å². The maximum atomic E-state index is 11.3. The molecule has 0 spiro atoms. The molecule has 0 saturated carbocycles. The van der Waals surface area contributed by atoms with Gasteiger partial charge in [-0.05, 0) is 6.07 Å². The number of amides is 1. The Kier molecular flexibility index (Phi) is 5.66. The standard InChI is InChI=1S/C12H15NO5/c1-17-10-5-3-2-4-9(10)6-13-11(14)7-18-8-12(15)16/h2-5H,6-8H2,1H3,(H,13,14)(H,15,16). The number of carboxylic acids is 1. The second-order valence-corrected chi connectivity index (χ2v) is 3.48. The molecule has 1 rings (SSSR count). The lowest BCUT2D eigenvalue weighted by molar-refractivity contribution is -0.143. The van der Waals surface area contributed by atoms with Crippen molar-refractivity contribution in [1.29, 1.82) is 0 Å². The molecule has 0 heterocycles. The molecule has 6 heteroatoms. The summed E-state index contributed by atoms with van der Waals surface area (Å²) >= 11 is 0. The number of methoxy groups -OCH3 is 1. The number of aliphatic carboxylic acids is 1. The van der Waals surface area contributed by atoms with Crippen LogP contribution in [0.4, 0.5) is 0 Å². The topological polar surface area (TPSA) is 84.9 Å². The highest BCUT2D eigenvalue weighted by Crippen LogP contribution is 2.16. The van der Waals surface area contributed by atoms with E-state index in [0.717, 1.165) is 5.56 Å². The van der Waals surface area contributed by atoms with Crippen molar-refractivity contribution >= 4 is 11.9 Å². The number of carboxylic acid groups (broad SMARTS) is 1. The summed E-state index contributed by atoms with van der Waals surface area (Å²) in [5.74, 6) is -0.793. The lowest BCUT2D eigenvalue weighted by atomic mass is 10.2. The molecule has 18 heavy (non-hydrogen) atoms. The highest BCUT2D eigenvalue weighted by molar-refractivity contribution is 5.77. The van der Waals surface area contributed by atoms with Crippen LogP contribution >= 0.6 is 0 Å². The van der Waals surface area contributed by atoms with E-state index in [1.165, 1.54) is 0 Å². The first-order chi connectivity index (χ1) is 8.63. The monoisotopic (exact) mass is 253 g/mol. The van der Waals surface area contributed by atoms with Crippen LogP contribution in [-0.2, 0) is 20.9 Å². The molecule has 0 atom stereocenters. The molecule has 0 saturated heterocycles. The Balaban J connectivity index is 2.35. The van der Waals surface area contributed by atoms with Gasteiger partial charge in [-0.15, -0.1) is 0 Å². The zero-order valence-electron chi connectivity index (χ0n) is 10.0. The van der Waals surface area contributed by atoms with Crippen LogP contribution in [0.25, 0.3) is 0 Å². The summed E-state index contributed by atoms with van der Waals surface area (Å²) in [6, 6.07) is 7.30. The van der Waals surface area contributed by atoms with Gasteiger partial charge in [0.25, 0.3) is 0 Å². The van der Waals surface area contributed by atoms with Gasteiger partial charge in [-0.2, -0.15) is 0 Å². The van der Waals surface area contributed by atoms with Crippen molar-refractivity contribution < 1.29 is 24.2 Å². The predicted molar refractivity (Wildman–Crippen MR) is 63.3 cm³/mol. The van der Waals surface area contributed by atoms with Gasteiger partial charge in [0.2, 0.25) is 5.91 Å². The van der Waals surface area contributed by atoms with Crippen molar-refractivity contribution in [2.75, 3.05) is 20.3 Å². The zero-order chi connectivity index (χ0) is 13.4. The predicted octanol–water partition coefficient (Wildman–Crippen LogP) is 0.413. The van der Waals surface area contributed by atoms with Crippen LogP contribution in [0, 0.1) is 0 Å². The van der Waals surface area contributed by atoms with Gasteiger partial charge < -0.3 is 19.9 Å². The Hall–Kier alpha value is -2.08. The molecule has 1 aromatic rings. The van der Waals surface area contributed by atoms with Crippen LogP contribution in [0.15, 0.2) is 24.3 Å². The molecular formula is C12H15NO5. The summed E-state index contributed by atoms with van der Waals surface area (Å²) < 4.78 is 9.79. The largest absolute Gasteiger partial charge is 0.496 e. The molecule has 2 N–H and O–H groups in total. The van der Waals surface area contributed by atoms with E-state index >= 15 is 0 Å². The zero-order valence-corrected chi connectivity index (χ0v) is 10.0. The fourth-order valence-electron chi connectivity index (χ4n) is 1.32. The minimum absolute atomic E-state index is 0.276. The smallest absolute Gasteiger partial charge is 0.329 e. The number of benzene rings is 1. The van der Waals surface area contributed by atoms with E-state index in [4.69, 9.17) is 9.84 Å². The number of carbonyl (C=O) groups is 2. The maximum Gasteiger partial charge on any atom is 0.329 e. The Morgan fingerprint density at radius 3 is 2.67 bits per heavy atom. The van der Waals surface area contributed by atoms with E-state index in [9.17, 15) is 9.59 Å². The van der Waals surface area contributed by atoms with Gasteiger partial charge in [-0.25, -0.2) is 4.79 Å². The van der Waals surface area contributed by atoms with Crippen LogP contribution in [0.2, 0.25) is 0 Å². The van der Waals surface area contributed by atoms with Crippen LogP contribution in [0.1, 0.15) is 5.56 Å². The number of carbonyl (C=O) groups excluding carboxylic acids is 1. The molecule has 6 nitrogen and oxygen atoms in total. The molecule has 1 amide bonds. The van der Waals surface area contributed by atoms with E-state index < -0.39 is 12.6 Å². The number of ether oxygens (including phenoxy) is 2. The summed E-state index contributed by atoms with van der Waals surface area (Å²) in [6.45, 7) is -0.456. The summed E-state index contributed by atoms with van der Waals surface area (Å²) in [5.41, 5.74) is 0.839. The second kappa shape index (κ2) is 7.29. The number of para-hydroxylation sites is 1.